The van der Waals surface area contributed by atoms with Crippen molar-refractivity contribution in [1.82, 2.24) is 62.1 Å². The Bertz CT molecular complexity index is 3070. The van der Waals surface area contributed by atoms with Crippen molar-refractivity contribution in [3.8, 4) is 0 Å². The van der Waals surface area contributed by atoms with Gasteiger partial charge in [-0.3, -0.25) is 72.3 Å². The first-order valence-electron chi connectivity index (χ1n) is 33.5. The molecule has 8 amide bonds. The highest BCUT2D eigenvalue weighted by Gasteiger charge is 2.56. The number of carbonyl (C=O) groups excluding carboxylic acids is 7. The van der Waals surface area contributed by atoms with Crippen molar-refractivity contribution in [3.63, 3.8) is 0 Å². The largest absolute Gasteiger partial charge is 0.481 e. The van der Waals surface area contributed by atoms with Gasteiger partial charge >= 0.3 is 59.8 Å². The molecule has 0 aliphatic carbocycles. The highest BCUT2D eigenvalue weighted by Crippen LogP contribution is 2.51. The standard InChI is InChI=1S/C64H101FN12O25Si/c1-63(2,3)103(65,64(4,5)6)40-17-15-39(16-18-40)55(90)68-35-45(70-50(81)22-20-46(61(100)101)77-33-31-75(37-53(86)87)29-27-74(36-52(84)85)28-30-76(32-34-77)38-54(88)89)56(91)71-42(58(94)95)11-7-8-25-66-47(78)23-24-48(79)67-26-10-13-41(57(92)93)69-49(80)21-19-44(60(98)99)73-62(102)72-43(59(96)97)12-9-14-51(82)83/h15-18,41-46H,7-14,19-38H2,1-6H3,(H,66,78)(H,67,79)(H,68,90)(H,69,80)(H,70,81)(H,71,91)(H,82,83)(H,84,85)(H,86,87)(H,88,89)(H,92,93)(H,94,95)(H,96,97)(H,98,99)(H,100,101)(H2,72,73,102)/t41-,42+,43+,44+,45-,46+/m1/s1. The van der Waals surface area contributed by atoms with E-state index in [1.165, 1.54) is 43.9 Å². The smallest absolute Gasteiger partial charge is 0.326 e. The second kappa shape index (κ2) is 44.1. The summed E-state index contributed by atoms with van der Waals surface area (Å²) in [5, 5.41) is 105. The number of urea groups is 1. The van der Waals surface area contributed by atoms with Gasteiger partial charge in [-0.1, -0.05) is 53.7 Å². The van der Waals surface area contributed by atoms with Gasteiger partial charge in [-0.15, -0.1) is 0 Å². The van der Waals surface area contributed by atoms with E-state index < -0.39 is 208 Å². The van der Waals surface area contributed by atoms with Crippen LogP contribution >= 0.6 is 0 Å². The van der Waals surface area contributed by atoms with Crippen LogP contribution in [-0.2, 0) is 67.1 Å². The average molecular weight is 1490 g/mol. The molecule has 17 N–H and O–H groups in total. The van der Waals surface area contributed by atoms with Crippen LogP contribution in [0.3, 0.4) is 0 Å². The van der Waals surface area contributed by atoms with Crippen LogP contribution in [0.5, 0.6) is 0 Å². The Kier molecular flexibility index (Phi) is 38.4. The lowest BCUT2D eigenvalue weighted by atomic mass is 10.1. The van der Waals surface area contributed by atoms with Gasteiger partial charge in [0.15, 0.2) is 0 Å². The molecule has 37 nitrogen and oxygen atoms in total. The van der Waals surface area contributed by atoms with Crippen LogP contribution in [0.1, 0.15) is 142 Å². The number of halogens is 1. The second-order valence-corrected chi connectivity index (χ2v) is 31.8. The van der Waals surface area contributed by atoms with Crippen LogP contribution in [0, 0.1) is 0 Å². The molecule has 1 aliphatic rings. The van der Waals surface area contributed by atoms with Crippen LogP contribution in [0.4, 0.5) is 8.90 Å². The molecule has 6 atom stereocenters. The molecule has 1 aliphatic heterocycles. The molecule has 1 saturated heterocycles. The summed E-state index contributed by atoms with van der Waals surface area (Å²) in [6.45, 7) is 8.45. The van der Waals surface area contributed by atoms with Crippen molar-refractivity contribution >= 4 is 109 Å². The van der Waals surface area contributed by atoms with Gasteiger partial charge in [0, 0.05) is 110 Å². The summed E-state index contributed by atoms with van der Waals surface area (Å²) >= 11 is 0. The Morgan fingerprint density at radius 2 is 0.796 bits per heavy atom. The van der Waals surface area contributed by atoms with Crippen LogP contribution in [0.15, 0.2) is 24.3 Å². The zero-order valence-electron chi connectivity index (χ0n) is 58.8. The third-order valence-electron chi connectivity index (χ3n) is 16.9. The monoisotopic (exact) mass is 1480 g/mol. The van der Waals surface area contributed by atoms with Crippen LogP contribution in [0.2, 0.25) is 10.1 Å². The number of benzene rings is 1. The summed E-state index contributed by atoms with van der Waals surface area (Å²) in [6.07, 6.45) is -3.85. The fraction of sp³-hybridized carbons (Fsp3) is 0.656. The summed E-state index contributed by atoms with van der Waals surface area (Å²) in [4.78, 5) is 205. The lowest BCUT2D eigenvalue weighted by Gasteiger charge is -2.44. The molecule has 578 valence electrons. The van der Waals surface area contributed by atoms with E-state index in [1.54, 1.807) is 41.5 Å². The highest BCUT2D eigenvalue weighted by atomic mass is 28.4. The van der Waals surface area contributed by atoms with Gasteiger partial charge in [-0.2, -0.15) is 0 Å². The first-order chi connectivity index (χ1) is 48.0. The molecular weight excluding hydrogens is 1380 g/mol. The first-order valence-corrected chi connectivity index (χ1v) is 35.4. The van der Waals surface area contributed by atoms with E-state index in [9.17, 15) is 118 Å². The van der Waals surface area contributed by atoms with Crippen LogP contribution < -0.4 is 47.7 Å². The van der Waals surface area contributed by atoms with E-state index in [0.717, 1.165) is 0 Å². The van der Waals surface area contributed by atoms with E-state index >= 15 is 4.11 Å². The van der Waals surface area contributed by atoms with Crippen molar-refractivity contribution in [2.45, 2.75) is 178 Å². The summed E-state index contributed by atoms with van der Waals surface area (Å²) in [6, 6.07) is -4.98. The van der Waals surface area contributed by atoms with Gasteiger partial charge in [0.05, 0.1) is 19.6 Å². The fourth-order valence-electron chi connectivity index (χ4n) is 11.6. The molecule has 0 radical (unpaired) electrons. The second-order valence-electron chi connectivity index (χ2n) is 26.9. The Hall–Kier alpha value is -9.47. The van der Waals surface area contributed by atoms with Crippen molar-refractivity contribution in [1.29, 1.82) is 0 Å². The molecule has 103 heavy (non-hydrogen) atoms. The summed E-state index contributed by atoms with van der Waals surface area (Å²) < 4.78 is 17.1. The third-order valence-corrected chi connectivity index (χ3v) is 22.1. The van der Waals surface area contributed by atoms with E-state index in [4.69, 9.17) is 5.11 Å². The molecule has 0 unspecified atom stereocenters. The van der Waals surface area contributed by atoms with E-state index in [0.29, 0.717) is 5.19 Å². The number of carboxylic acid groups (broad SMARTS) is 9. The Morgan fingerprint density at radius 1 is 0.408 bits per heavy atom. The molecule has 1 aromatic carbocycles. The van der Waals surface area contributed by atoms with E-state index in [2.05, 4.69) is 31.9 Å². The first kappa shape index (κ1) is 89.6. The molecule has 39 heteroatoms. The SMILES string of the molecule is CC(C)(C)[Si](F)(c1ccc(C(=O)NC[C@@H](NC(=O)CC[C@@H](C(=O)O)N2CCN(CC(=O)O)CCN(CC(=O)O)CCN(CC(=O)O)CC2)C(=O)N[C@@H](CCCCNC(=O)CCC(=O)NCCC[C@@H](NC(=O)CC[C@H](NC(=O)N[C@@H](CCCC(=O)O)C(=O)O)C(=O)O)C(=O)O)C(=O)O)cc1)C(C)(C)C. The molecule has 0 spiro atoms. The van der Waals surface area contributed by atoms with Crippen molar-refractivity contribution in [3.05, 3.63) is 29.8 Å². The molecular formula is C64H101FN12O25Si. The minimum Gasteiger partial charge on any atom is -0.481 e. The maximum Gasteiger partial charge on any atom is 0.326 e. The van der Waals surface area contributed by atoms with E-state index in [-0.39, 0.29) is 129 Å². The number of nitrogens with one attached hydrogen (secondary N) is 8. The average Bonchev–Trinajstić information content (AvgIpc) is 0.748. The number of hydrogen-bond donors (Lipinski definition) is 17. The Morgan fingerprint density at radius 3 is 1.22 bits per heavy atom. The number of amides is 8. The molecule has 1 aromatic rings. The van der Waals surface area contributed by atoms with Crippen molar-refractivity contribution in [2.75, 3.05) is 91.6 Å². The van der Waals surface area contributed by atoms with Gasteiger partial charge in [-0.05, 0) is 85.2 Å². The molecule has 0 saturated carbocycles. The highest BCUT2D eigenvalue weighted by molar-refractivity contribution is 6.90. The predicted octanol–water partition coefficient (Wildman–Crippen LogP) is -1.33. The summed E-state index contributed by atoms with van der Waals surface area (Å²) in [5.41, 5.74) is 0.0386. The van der Waals surface area contributed by atoms with Crippen LogP contribution in [-0.4, -0.2) is 297 Å². The fourth-order valence-corrected chi connectivity index (χ4v) is 16.2. The Labute approximate surface area is 594 Å². The third kappa shape index (κ3) is 33.9. The topological polar surface area (TPSA) is 564 Å². The normalized spacial score (nSPS) is 15.6. The maximum atomic E-state index is 17.1. The number of hydrogen-bond acceptors (Lipinski definition) is 20. The van der Waals surface area contributed by atoms with Gasteiger partial charge in [-0.25, -0.2) is 24.0 Å². The molecule has 1 heterocycles. The summed E-state index contributed by atoms with van der Waals surface area (Å²) in [7, 11) is -3.77. The number of carbonyl (C=O) groups is 16. The maximum absolute atomic E-state index is 17.1. The zero-order valence-corrected chi connectivity index (χ0v) is 59.8. The number of nitrogens with zero attached hydrogens (tertiary/aromatic N) is 4. The van der Waals surface area contributed by atoms with Crippen LogP contribution in [0.25, 0.3) is 0 Å². The van der Waals surface area contributed by atoms with Gasteiger partial charge in [0.25, 0.3) is 14.3 Å². The zero-order chi connectivity index (χ0) is 78.0. The number of carboxylic acids is 9. The van der Waals surface area contributed by atoms with Crippen molar-refractivity contribution < 1.29 is 127 Å². The molecule has 0 bridgehead atoms. The predicted molar refractivity (Wildman–Crippen MR) is 364 cm³/mol. The van der Waals surface area contributed by atoms with Crippen molar-refractivity contribution in [2.24, 2.45) is 0 Å². The lowest BCUT2D eigenvalue weighted by Crippen LogP contribution is -2.58. The van der Waals surface area contributed by atoms with Gasteiger partial charge in [0.2, 0.25) is 29.5 Å². The quantitative estimate of drug-likeness (QED) is 0.0205. The number of rotatable bonds is 44. The number of unbranched alkanes of at least 4 members (excludes halogenated alkanes) is 1. The minimum atomic E-state index is -3.77. The number of aliphatic carboxylic acids is 9. The molecule has 2 rings (SSSR count). The van der Waals surface area contributed by atoms with Gasteiger partial charge < -0.3 is 92.6 Å². The molecule has 1 fully saturated rings. The molecule has 0 aromatic heterocycles. The Balaban J connectivity index is 2.14. The van der Waals surface area contributed by atoms with E-state index in [1.807, 2.05) is 10.6 Å². The van der Waals surface area contributed by atoms with Gasteiger partial charge in [0.1, 0.15) is 36.3 Å². The lowest BCUT2D eigenvalue weighted by molar-refractivity contribution is -0.145. The minimum absolute atomic E-state index is 0.00248. The summed E-state index contributed by atoms with van der Waals surface area (Å²) in [5.74, 6) is -17.3.